The molecule has 0 aliphatic carbocycles. The van der Waals surface area contributed by atoms with Crippen molar-refractivity contribution in [3.05, 3.63) is 11.8 Å². The zero-order valence-electron chi connectivity index (χ0n) is 17.2. The SMILES string of the molecule is CC([O-])=N[C@H]1C(O)O[C@H](CO)[C@H](OS(=O)(=O)O)[C@@H]1O[C@@H]1OC(C(=O)[O-])=C[C@H](O)[C@H]1O.[Cs+].[Cs+]. The average Bonchev–Trinajstić information content (AvgIpc) is 2.61. The third-order valence-corrected chi connectivity index (χ3v) is 4.53. The zero-order valence-corrected chi connectivity index (χ0v) is 30.5. The van der Waals surface area contributed by atoms with Crippen molar-refractivity contribution in [2.45, 2.75) is 56.1 Å². The molecular formula is C14H19Cs2NO14S. The number of nitrogens with zero attached hydrogens (tertiary/aromatic N) is 1. The molecule has 0 saturated carbocycles. The minimum Gasteiger partial charge on any atom is -0.862 e. The number of aliphatic hydroxyl groups is 4. The fraction of sp³-hybridized carbons (Fsp3) is 0.714. The Kier molecular flexibility index (Phi) is 15.9. The standard InChI is InChI=1S/C14H21NO14S.2Cs/c1-4(17)15-8-11(10(29-30(23,24)25)7(3-16)26-13(8)22)28-14-9(19)5(18)2-6(27-14)12(20)21;;/h2,5,7-11,13-14,16,18-19,22H,3H2,1H3,(H,15,17)(H,20,21)(H,23,24,25);;/q;2*+1/p-2/t5-,7+,8+,9+,10-,11+,13?,14-;;/m0../s1. The number of hydrogen-bond acceptors (Lipinski definition) is 14. The van der Waals surface area contributed by atoms with E-state index in [2.05, 4.69) is 9.18 Å². The van der Waals surface area contributed by atoms with E-state index in [9.17, 15) is 43.9 Å². The van der Waals surface area contributed by atoms with Gasteiger partial charge in [-0.2, -0.15) is 8.42 Å². The molecule has 2 aliphatic rings. The van der Waals surface area contributed by atoms with Gasteiger partial charge in [0.1, 0.15) is 48.3 Å². The first-order valence-electron chi connectivity index (χ1n) is 8.27. The van der Waals surface area contributed by atoms with Gasteiger partial charge in [0.15, 0.2) is 6.29 Å². The van der Waals surface area contributed by atoms with Crippen LogP contribution in [0.2, 0.25) is 0 Å². The quantitative estimate of drug-likeness (QED) is 0.0931. The van der Waals surface area contributed by atoms with Crippen LogP contribution in [0.5, 0.6) is 0 Å². The molecule has 0 aromatic carbocycles. The maximum absolute atomic E-state index is 11.4. The Balaban J connectivity index is 0.00000480. The van der Waals surface area contributed by atoms with Crippen LogP contribution in [0.15, 0.2) is 16.8 Å². The van der Waals surface area contributed by atoms with Gasteiger partial charge in [-0.3, -0.25) is 9.55 Å². The van der Waals surface area contributed by atoms with Crippen LogP contribution in [0.4, 0.5) is 0 Å². The third kappa shape index (κ3) is 9.59. The average molecular weight is 723 g/mol. The fourth-order valence-electron chi connectivity index (χ4n) is 2.84. The number of aliphatic imine (C=N–C) groups is 1. The summed E-state index contributed by atoms with van der Waals surface area (Å²) in [7, 11) is -5.21. The Bertz CT molecular complexity index is 803. The van der Waals surface area contributed by atoms with Gasteiger partial charge in [-0.15, -0.1) is 0 Å². The second-order valence-corrected chi connectivity index (χ2v) is 7.31. The Labute approximate surface area is 300 Å². The molecule has 0 bridgehead atoms. The molecule has 0 aromatic heterocycles. The summed E-state index contributed by atoms with van der Waals surface area (Å²) in [5.41, 5.74) is 0. The topological polar surface area (TPSA) is 248 Å². The Hall–Kier alpha value is 2.21. The predicted octanol–water partition coefficient (Wildman–Crippen LogP) is -11.9. The first-order valence-corrected chi connectivity index (χ1v) is 9.63. The number of hydrogen-bond donors (Lipinski definition) is 5. The van der Waals surface area contributed by atoms with Crippen LogP contribution in [0.1, 0.15) is 6.92 Å². The van der Waals surface area contributed by atoms with Crippen molar-refractivity contribution in [3.63, 3.8) is 0 Å². The maximum atomic E-state index is 11.4. The number of ether oxygens (including phenoxy) is 3. The second kappa shape index (κ2) is 14.8. The van der Waals surface area contributed by atoms with Crippen molar-refractivity contribution in [1.82, 2.24) is 0 Å². The summed E-state index contributed by atoms with van der Waals surface area (Å²) in [5.74, 6) is -3.70. The van der Waals surface area contributed by atoms with Crippen molar-refractivity contribution in [1.29, 1.82) is 0 Å². The summed E-state index contributed by atoms with van der Waals surface area (Å²) in [6.07, 6.45) is -12.6. The number of rotatable bonds is 7. The number of carboxylic acid groups (broad SMARTS) is 1. The van der Waals surface area contributed by atoms with Gasteiger partial charge in [-0.05, 0) is 18.9 Å². The smallest absolute Gasteiger partial charge is 0.862 e. The summed E-state index contributed by atoms with van der Waals surface area (Å²) < 4.78 is 51.0. The number of carbonyl (C=O) groups excluding carboxylic acids is 1. The van der Waals surface area contributed by atoms with E-state index in [0.717, 1.165) is 6.92 Å². The monoisotopic (exact) mass is 723 g/mol. The minimum atomic E-state index is -5.21. The van der Waals surface area contributed by atoms with Crippen LogP contribution in [0.3, 0.4) is 0 Å². The number of aliphatic hydroxyl groups excluding tert-OH is 4. The van der Waals surface area contributed by atoms with Crippen LogP contribution >= 0.6 is 0 Å². The van der Waals surface area contributed by atoms with Crippen molar-refractivity contribution in [3.8, 4) is 0 Å². The predicted molar refractivity (Wildman–Crippen MR) is 86.1 cm³/mol. The summed E-state index contributed by atoms with van der Waals surface area (Å²) >= 11 is 0. The van der Waals surface area contributed by atoms with Gasteiger partial charge in [-0.1, -0.05) is 0 Å². The van der Waals surface area contributed by atoms with Gasteiger partial charge in [0.2, 0.25) is 6.29 Å². The molecule has 172 valence electrons. The van der Waals surface area contributed by atoms with E-state index in [-0.39, 0.29) is 138 Å². The van der Waals surface area contributed by atoms with Gasteiger partial charge in [0.05, 0.1) is 6.61 Å². The van der Waals surface area contributed by atoms with E-state index < -0.39 is 83.8 Å². The molecule has 8 atom stereocenters. The van der Waals surface area contributed by atoms with E-state index in [0.29, 0.717) is 6.08 Å². The molecular weight excluding hydrogens is 704 g/mol. The number of carbonyl (C=O) groups is 1. The van der Waals surface area contributed by atoms with E-state index in [4.69, 9.17) is 18.8 Å². The third-order valence-electron chi connectivity index (χ3n) is 4.06. The Morgan fingerprint density at radius 2 is 1.81 bits per heavy atom. The molecule has 1 saturated heterocycles. The van der Waals surface area contributed by atoms with Gasteiger partial charge >= 0.3 is 148 Å². The second-order valence-electron chi connectivity index (χ2n) is 6.26. The molecule has 15 nitrogen and oxygen atoms in total. The zero-order chi connectivity index (χ0) is 22.8. The molecule has 1 unspecified atom stereocenters. The molecule has 2 aliphatic heterocycles. The molecule has 2 heterocycles. The van der Waals surface area contributed by atoms with Crippen LogP contribution in [-0.4, -0.2) is 101 Å². The molecule has 0 spiro atoms. The van der Waals surface area contributed by atoms with E-state index >= 15 is 0 Å². The van der Waals surface area contributed by atoms with Gasteiger partial charge in [-0.25, -0.2) is 4.18 Å². The maximum Gasteiger partial charge on any atom is 1.00 e. The molecule has 0 radical (unpaired) electrons. The number of aliphatic carboxylic acids is 1. The van der Waals surface area contributed by atoms with Crippen LogP contribution in [-0.2, 0) is 33.6 Å². The largest absolute Gasteiger partial charge is 1.00 e. The summed E-state index contributed by atoms with van der Waals surface area (Å²) in [6.45, 7) is -0.00197. The van der Waals surface area contributed by atoms with Gasteiger partial charge in [0.25, 0.3) is 0 Å². The van der Waals surface area contributed by atoms with E-state index in [1.165, 1.54) is 0 Å². The molecule has 2 rings (SSSR count). The molecule has 32 heavy (non-hydrogen) atoms. The fourth-order valence-corrected chi connectivity index (χ4v) is 3.36. The molecule has 5 N–H and O–H groups in total. The van der Waals surface area contributed by atoms with Crippen molar-refractivity contribution in [2.75, 3.05) is 6.61 Å². The summed E-state index contributed by atoms with van der Waals surface area (Å²) in [4.78, 5) is 14.5. The first kappa shape index (κ1) is 34.2. The van der Waals surface area contributed by atoms with Crippen LogP contribution in [0.25, 0.3) is 0 Å². The summed E-state index contributed by atoms with van der Waals surface area (Å²) in [5, 5.41) is 61.8. The molecule has 0 amide bonds. The van der Waals surface area contributed by atoms with Crippen molar-refractivity contribution in [2.24, 2.45) is 4.99 Å². The van der Waals surface area contributed by atoms with E-state index in [1.807, 2.05) is 0 Å². The molecule has 18 heteroatoms. The van der Waals surface area contributed by atoms with Crippen molar-refractivity contribution < 1.29 is 205 Å². The molecule has 1 fully saturated rings. The normalized spacial score (nSPS) is 35.6. The van der Waals surface area contributed by atoms with Crippen molar-refractivity contribution >= 4 is 22.3 Å². The number of carboxylic acids is 1. The van der Waals surface area contributed by atoms with Gasteiger partial charge in [0, 0.05) is 0 Å². The summed E-state index contributed by atoms with van der Waals surface area (Å²) in [6, 6.07) is -1.73. The van der Waals surface area contributed by atoms with Crippen LogP contribution in [0, 0.1) is 0 Å². The Morgan fingerprint density at radius 1 is 1.22 bits per heavy atom. The van der Waals surface area contributed by atoms with Gasteiger partial charge < -0.3 is 49.6 Å². The van der Waals surface area contributed by atoms with E-state index in [1.54, 1.807) is 0 Å². The minimum absolute atomic E-state index is 0. The first-order chi connectivity index (χ1) is 13.8. The molecule has 0 aromatic rings. The van der Waals surface area contributed by atoms with Crippen LogP contribution < -0.4 is 148 Å². The Morgan fingerprint density at radius 3 is 2.28 bits per heavy atom.